The van der Waals surface area contributed by atoms with Gasteiger partial charge >= 0.3 is 0 Å². The molecule has 0 spiro atoms. The highest BCUT2D eigenvalue weighted by Gasteiger charge is 2.20. The van der Waals surface area contributed by atoms with Crippen molar-refractivity contribution in [2.75, 3.05) is 11.0 Å². The topological polar surface area (TPSA) is 39.4 Å². The minimum atomic E-state index is 0.246. The third-order valence-electron chi connectivity index (χ3n) is 1.84. The molecule has 0 saturated heterocycles. The Balaban J connectivity index is 2.12. The van der Waals surface area contributed by atoms with Crippen LogP contribution in [0.3, 0.4) is 0 Å². The minimum absolute atomic E-state index is 0.246. The van der Waals surface area contributed by atoms with Crippen LogP contribution < -0.4 is 0 Å². The van der Waals surface area contributed by atoms with Crippen molar-refractivity contribution in [2.45, 2.75) is 6.10 Å². The molecule has 0 fully saturated rings. The molecule has 1 aliphatic rings. The smallest absolute Gasteiger partial charge is 0.219 e. The van der Waals surface area contributed by atoms with Crippen LogP contribution in [-0.2, 0) is 11.8 Å². The largest absolute Gasteiger partial charge is 0.471 e. The molecular formula is C8H10IN3O. The van der Waals surface area contributed by atoms with E-state index in [0.29, 0.717) is 0 Å². The van der Waals surface area contributed by atoms with Crippen molar-refractivity contribution in [1.82, 2.24) is 9.78 Å². The van der Waals surface area contributed by atoms with Gasteiger partial charge in [0.2, 0.25) is 5.90 Å². The molecule has 13 heavy (non-hydrogen) atoms. The first-order valence-electron chi connectivity index (χ1n) is 4.05. The molecule has 5 heteroatoms. The summed E-state index contributed by atoms with van der Waals surface area (Å²) in [5, 5.41) is 4.07. The molecule has 0 aliphatic carbocycles. The highest BCUT2D eigenvalue weighted by molar-refractivity contribution is 14.1. The Morgan fingerprint density at radius 3 is 3.15 bits per heavy atom. The molecular weight excluding hydrogens is 281 g/mol. The van der Waals surface area contributed by atoms with Crippen molar-refractivity contribution >= 4 is 28.5 Å². The van der Waals surface area contributed by atoms with Gasteiger partial charge in [-0.15, -0.1) is 0 Å². The molecule has 1 aromatic heterocycles. The van der Waals surface area contributed by atoms with E-state index >= 15 is 0 Å². The number of aromatic nitrogens is 2. The van der Waals surface area contributed by atoms with Gasteiger partial charge in [0.1, 0.15) is 6.10 Å². The minimum Gasteiger partial charge on any atom is -0.471 e. The predicted octanol–water partition coefficient (Wildman–Crippen LogP) is 1.00. The van der Waals surface area contributed by atoms with Crippen molar-refractivity contribution in [3.63, 3.8) is 0 Å². The fraction of sp³-hybridized carbons (Fsp3) is 0.500. The van der Waals surface area contributed by atoms with Crippen molar-refractivity contribution < 1.29 is 4.74 Å². The Morgan fingerprint density at radius 2 is 2.62 bits per heavy atom. The Labute approximate surface area is 90.1 Å². The first-order valence-corrected chi connectivity index (χ1v) is 5.58. The highest BCUT2D eigenvalue weighted by atomic mass is 127. The van der Waals surface area contributed by atoms with Crippen LogP contribution in [0, 0.1) is 0 Å². The zero-order valence-electron chi connectivity index (χ0n) is 7.27. The zero-order chi connectivity index (χ0) is 9.26. The van der Waals surface area contributed by atoms with E-state index in [4.69, 9.17) is 4.74 Å². The average Bonchev–Trinajstić information content (AvgIpc) is 2.71. The van der Waals surface area contributed by atoms with Crippen molar-refractivity contribution in [1.29, 1.82) is 0 Å². The summed E-state index contributed by atoms with van der Waals surface area (Å²) >= 11 is 2.30. The van der Waals surface area contributed by atoms with Gasteiger partial charge in [-0.1, -0.05) is 22.6 Å². The van der Waals surface area contributed by atoms with Gasteiger partial charge in [0, 0.05) is 17.7 Å². The van der Waals surface area contributed by atoms with E-state index in [1.165, 1.54) is 0 Å². The lowest BCUT2D eigenvalue weighted by Crippen LogP contribution is -2.14. The summed E-state index contributed by atoms with van der Waals surface area (Å²) in [7, 11) is 1.88. The Hall–Kier alpha value is -0.590. The fourth-order valence-corrected chi connectivity index (χ4v) is 1.65. The lowest BCUT2D eigenvalue weighted by molar-refractivity contribution is 0.254. The van der Waals surface area contributed by atoms with Crippen LogP contribution in [0.4, 0.5) is 0 Å². The SMILES string of the molecule is Cn1cc(C2=NC[C@H](CI)O2)cn1. The molecule has 2 rings (SSSR count). The molecule has 0 amide bonds. The van der Waals surface area contributed by atoms with E-state index in [1.54, 1.807) is 10.9 Å². The molecule has 0 aromatic carbocycles. The normalized spacial score (nSPS) is 21.4. The number of hydrogen-bond acceptors (Lipinski definition) is 3. The maximum atomic E-state index is 5.60. The van der Waals surface area contributed by atoms with Crippen molar-refractivity contribution in [3.8, 4) is 0 Å². The summed E-state index contributed by atoms with van der Waals surface area (Å²) in [6.45, 7) is 0.771. The second-order valence-electron chi connectivity index (χ2n) is 2.94. The third-order valence-corrected chi connectivity index (χ3v) is 2.82. The summed E-state index contributed by atoms with van der Waals surface area (Å²) in [5.74, 6) is 0.731. The van der Waals surface area contributed by atoms with E-state index in [1.807, 2.05) is 13.2 Å². The second-order valence-corrected chi connectivity index (χ2v) is 3.82. The molecule has 0 unspecified atom stereocenters. The first-order chi connectivity index (χ1) is 6.29. The molecule has 0 radical (unpaired) electrons. The zero-order valence-corrected chi connectivity index (χ0v) is 9.43. The molecule has 4 nitrogen and oxygen atoms in total. The number of aryl methyl sites for hydroxylation is 1. The van der Waals surface area contributed by atoms with Gasteiger partial charge in [0.15, 0.2) is 0 Å². The number of ether oxygens (including phenoxy) is 1. The number of alkyl halides is 1. The maximum absolute atomic E-state index is 5.60. The number of rotatable bonds is 2. The molecule has 0 bridgehead atoms. The summed E-state index contributed by atoms with van der Waals surface area (Å²) in [4.78, 5) is 4.31. The maximum Gasteiger partial charge on any atom is 0.219 e. The van der Waals surface area contributed by atoms with Crippen molar-refractivity contribution in [3.05, 3.63) is 18.0 Å². The molecule has 1 aliphatic heterocycles. The Morgan fingerprint density at radius 1 is 1.77 bits per heavy atom. The lowest BCUT2D eigenvalue weighted by atomic mass is 10.4. The second kappa shape index (κ2) is 3.65. The molecule has 70 valence electrons. The summed E-state index contributed by atoms with van der Waals surface area (Å²) < 4.78 is 8.32. The van der Waals surface area contributed by atoms with Gasteiger partial charge < -0.3 is 4.74 Å². The van der Waals surface area contributed by atoms with Crippen LogP contribution in [0.5, 0.6) is 0 Å². The van der Waals surface area contributed by atoms with Crippen LogP contribution in [-0.4, -0.2) is 32.8 Å². The molecule has 0 N–H and O–H groups in total. The van der Waals surface area contributed by atoms with E-state index in [9.17, 15) is 0 Å². The summed E-state index contributed by atoms with van der Waals surface area (Å²) in [6, 6.07) is 0. The van der Waals surface area contributed by atoms with E-state index in [2.05, 4.69) is 32.7 Å². The lowest BCUT2D eigenvalue weighted by Gasteiger charge is -2.05. The van der Waals surface area contributed by atoms with E-state index < -0.39 is 0 Å². The number of hydrogen-bond donors (Lipinski definition) is 0. The van der Waals surface area contributed by atoms with Gasteiger partial charge in [-0.2, -0.15) is 5.10 Å². The highest BCUT2D eigenvalue weighted by Crippen LogP contribution is 2.12. The third kappa shape index (κ3) is 1.84. The van der Waals surface area contributed by atoms with Crippen LogP contribution in [0.25, 0.3) is 0 Å². The number of aliphatic imine (C=N–C) groups is 1. The van der Waals surface area contributed by atoms with E-state index in [0.717, 1.165) is 22.4 Å². The summed E-state index contributed by atoms with van der Waals surface area (Å²) in [6.07, 6.45) is 3.93. The fourth-order valence-electron chi connectivity index (χ4n) is 1.19. The quantitative estimate of drug-likeness (QED) is 0.602. The van der Waals surface area contributed by atoms with Crippen LogP contribution in [0.1, 0.15) is 5.56 Å². The number of halogens is 1. The van der Waals surface area contributed by atoms with Crippen LogP contribution in [0.2, 0.25) is 0 Å². The van der Waals surface area contributed by atoms with Crippen LogP contribution in [0.15, 0.2) is 17.4 Å². The molecule has 0 saturated carbocycles. The van der Waals surface area contributed by atoms with E-state index in [-0.39, 0.29) is 6.10 Å². The predicted molar refractivity (Wildman–Crippen MR) is 58.4 cm³/mol. The monoisotopic (exact) mass is 291 g/mol. The van der Waals surface area contributed by atoms with Gasteiger partial charge in [-0.05, 0) is 0 Å². The molecule has 2 heterocycles. The van der Waals surface area contributed by atoms with Crippen molar-refractivity contribution in [2.24, 2.45) is 12.0 Å². The average molecular weight is 291 g/mol. The Kier molecular flexibility index (Phi) is 2.52. The Bertz CT molecular complexity index is 334. The first kappa shape index (κ1) is 8.98. The standard InChI is InChI=1S/C8H10IN3O/c1-12-5-6(3-11-12)8-10-4-7(2-9)13-8/h3,5,7H,2,4H2,1H3/t7-/m0/s1. The van der Waals surface area contributed by atoms with Gasteiger partial charge in [0.25, 0.3) is 0 Å². The number of nitrogens with zero attached hydrogens (tertiary/aromatic N) is 3. The molecule has 1 atom stereocenters. The van der Waals surface area contributed by atoms with Gasteiger partial charge in [0.05, 0.1) is 18.3 Å². The van der Waals surface area contributed by atoms with Gasteiger partial charge in [-0.3, -0.25) is 4.68 Å². The van der Waals surface area contributed by atoms with Gasteiger partial charge in [-0.25, -0.2) is 4.99 Å². The summed E-state index contributed by atoms with van der Waals surface area (Å²) in [5.41, 5.74) is 0.967. The van der Waals surface area contributed by atoms with Crippen LogP contribution >= 0.6 is 22.6 Å². The molecule has 1 aromatic rings.